The van der Waals surface area contributed by atoms with Crippen LogP contribution < -0.4 is 14.8 Å². The van der Waals surface area contributed by atoms with Crippen LogP contribution in [0.3, 0.4) is 0 Å². The highest BCUT2D eigenvalue weighted by atomic mass is 16.5. The molecule has 2 rings (SSSR count). The van der Waals surface area contributed by atoms with Gasteiger partial charge >= 0.3 is 6.03 Å². The summed E-state index contributed by atoms with van der Waals surface area (Å²) in [6.07, 6.45) is 1.90. The minimum absolute atomic E-state index is 0.00661. The number of urea groups is 1. The molecule has 0 aliphatic carbocycles. The van der Waals surface area contributed by atoms with E-state index in [-0.39, 0.29) is 12.1 Å². The smallest absolute Gasteiger partial charge is 0.317 e. The maximum Gasteiger partial charge on any atom is 0.317 e. The Bertz CT molecular complexity index is 521. The maximum atomic E-state index is 12.4. The highest BCUT2D eigenvalue weighted by Gasteiger charge is 2.32. The lowest BCUT2D eigenvalue weighted by molar-refractivity contribution is 0.144. The van der Waals surface area contributed by atoms with Crippen LogP contribution in [0.2, 0.25) is 0 Å². The maximum absolute atomic E-state index is 12.4. The molecule has 1 aromatic rings. The number of carbonyl (C=O) groups is 1. The number of methoxy groups -OCH3 is 2. The molecule has 1 atom stereocenters. The average molecular weight is 322 g/mol. The van der Waals surface area contributed by atoms with Crippen LogP contribution in [-0.2, 0) is 4.74 Å². The molecule has 0 spiro atoms. The summed E-state index contributed by atoms with van der Waals surface area (Å²) in [6.45, 7) is 4.39. The van der Waals surface area contributed by atoms with Crippen LogP contribution >= 0.6 is 0 Å². The van der Waals surface area contributed by atoms with Gasteiger partial charge in [-0.3, -0.25) is 0 Å². The van der Waals surface area contributed by atoms with E-state index in [0.29, 0.717) is 19.8 Å². The van der Waals surface area contributed by atoms with Gasteiger partial charge in [0.25, 0.3) is 0 Å². The summed E-state index contributed by atoms with van der Waals surface area (Å²) in [4.78, 5) is 14.3. The fourth-order valence-corrected chi connectivity index (χ4v) is 2.91. The monoisotopic (exact) mass is 322 g/mol. The number of rotatable bonds is 7. The second-order valence-electron chi connectivity index (χ2n) is 5.39. The largest absolute Gasteiger partial charge is 0.497 e. The molecule has 1 aromatic carbocycles. The van der Waals surface area contributed by atoms with Crippen molar-refractivity contribution in [1.82, 2.24) is 10.2 Å². The molecule has 1 heterocycles. The van der Waals surface area contributed by atoms with Gasteiger partial charge in [-0.25, -0.2) is 4.79 Å². The first-order valence-electron chi connectivity index (χ1n) is 8.05. The molecule has 1 N–H and O–H groups in total. The van der Waals surface area contributed by atoms with E-state index in [4.69, 9.17) is 14.2 Å². The van der Waals surface area contributed by atoms with Crippen LogP contribution in [0.5, 0.6) is 11.5 Å². The number of ether oxygens (including phenoxy) is 3. The number of carbonyl (C=O) groups excluding carboxylic acids is 1. The molecular weight excluding hydrogens is 296 g/mol. The molecule has 1 aliphatic heterocycles. The number of benzene rings is 1. The Morgan fingerprint density at radius 3 is 2.87 bits per heavy atom. The number of likely N-dealkylation sites (tertiary alicyclic amines) is 1. The zero-order valence-electron chi connectivity index (χ0n) is 14.1. The molecule has 0 unspecified atom stereocenters. The molecule has 1 saturated heterocycles. The third-order valence-electron chi connectivity index (χ3n) is 4.04. The zero-order valence-corrected chi connectivity index (χ0v) is 14.1. The fourth-order valence-electron chi connectivity index (χ4n) is 2.91. The first-order chi connectivity index (χ1) is 11.2. The lowest BCUT2D eigenvalue weighted by Gasteiger charge is -2.27. The molecule has 0 aromatic heterocycles. The van der Waals surface area contributed by atoms with Crippen molar-refractivity contribution in [1.29, 1.82) is 0 Å². The van der Waals surface area contributed by atoms with E-state index in [0.717, 1.165) is 36.4 Å². The van der Waals surface area contributed by atoms with E-state index in [9.17, 15) is 4.79 Å². The Labute approximate surface area is 137 Å². The summed E-state index contributed by atoms with van der Waals surface area (Å²) in [6, 6.07) is 5.65. The van der Waals surface area contributed by atoms with Gasteiger partial charge in [0.15, 0.2) is 0 Å². The Morgan fingerprint density at radius 1 is 1.35 bits per heavy atom. The van der Waals surface area contributed by atoms with Crippen LogP contribution in [0.25, 0.3) is 0 Å². The molecule has 1 fully saturated rings. The molecular formula is C17H26N2O4. The van der Waals surface area contributed by atoms with E-state index >= 15 is 0 Å². The van der Waals surface area contributed by atoms with Gasteiger partial charge in [0.05, 0.1) is 26.9 Å². The van der Waals surface area contributed by atoms with Crippen LogP contribution in [0.4, 0.5) is 4.79 Å². The Balaban J connectivity index is 2.10. The van der Waals surface area contributed by atoms with Crippen molar-refractivity contribution in [2.45, 2.75) is 25.8 Å². The van der Waals surface area contributed by atoms with Gasteiger partial charge in [-0.2, -0.15) is 0 Å². The third kappa shape index (κ3) is 4.28. The van der Waals surface area contributed by atoms with Gasteiger partial charge in [-0.1, -0.05) is 0 Å². The quantitative estimate of drug-likeness (QED) is 0.784. The molecule has 0 radical (unpaired) electrons. The van der Waals surface area contributed by atoms with Crippen LogP contribution in [-0.4, -0.2) is 51.5 Å². The van der Waals surface area contributed by atoms with Gasteiger partial charge in [0.2, 0.25) is 0 Å². The zero-order chi connectivity index (χ0) is 16.7. The summed E-state index contributed by atoms with van der Waals surface area (Å²) in [5.74, 6) is 1.55. The minimum atomic E-state index is -0.0583. The van der Waals surface area contributed by atoms with Crippen molar-refractivity contribution >= 4 is 6.03 Å². The summed E-state index contributed by atoms with van der Waals surface area (Å²) in [5, 5.41) is 2.92. The highest BCUT2D eigenvalue weighted by molar-refractivity contribution is 5.75. The molecule has 6 nitrogen and oxygen atoms in total. The number of hydrogen-bond donors (Lipinski definition) is 1. The molecule has 0 saturated carbocycles. The highest BCUT2D eigenvalue weighted by Crippen LogP contribution is 2.38. The topological polar surface area (TPSA) is 60.0 Å². The number of amides is 2. The number of nitrogens with one attached hydrogen (secondary N) is 1. The molecule has 0 bridgehead atoms. The SMILES string of the molecule is CCOCCNC(=O)N1CCC[C@@H]1c1cc(OC)ccc1OC. The Kier molecular flexibility index (Phi) is 6.52. The van der Waals surface area contributed by atoms with E-state index in [2.05, 4.69) is 5.32 Å². The van der Waals surface area contributed by atoms with E-state index in [1.807, 2.05) is 30.0 Å². The molecule has 23 heavy (non-hydrogen) atoms. The average Bonchev–Trinajstić information content (AvgIpc) is 3.07. The molecule has 2 amide bonds. The second-order valence-corrected chi connectivity index (χ2v) is 5.39. The van der Waals surface area contributed by atoms with Gasteiger partial charge < -0.3 is 24.4 Å². The van der Waals surface area contributed by atoms with Crippen LogP contribution in [0.15, 0.2) is 18.2 Å². The first-order valence-corrected chi connectivity index (χ1v) is 8.05. The summed E-state index contributed by atoms with van der Waals surface area (Å²) in [5.41, 5.74) is 0.990. The van der Waals surface area contributed by atoms with E-state index < -0.39 is 0 Å². The van der Waals surface area contributed by atoms with Crippen molar-refractivity contribution < 1.29 is 19.0 Å². The Hall–Kier alpha value is -1.95. The molecule has 128 valence electrons. The van der Waals surface area contributed by atoms with Crippen molar-refractivity contribution in [2.75, 3.05) is 40.5 Å². The van der Waals surface area contributed by atoms with E-state index in [1.54, 1.807) is 14.2 Å². The summed E-state index contributed by atoms with van der Waals surface area (Å²) in [7, 11) is 3.28. The third-order valence-corrected chi connectivity index (χ3v) is 4.04. The second kappa shape index (κ2) is 8.62. The summed E-state index contributed by atoms with van der Waals surface area (Å²) < 4.78 is 16.0. The summed E-state index contributed by atoms with van der Waals surface area (Å²) >= 11 is 0. The van der Waals surface area contributed by atoms with Crippen molar-refractivity contribution in [3.63, 3.8) is 0 Å². The van der Waals surface area contributed by atoms with Crippen LogP contribution in [0.1, 0.15) is 31.4 Å². The number of hydrogen-bond acceptors (Lipinski definition) is 4. The normalized spacial score (nSPS) is 17.2. The van der Waals surface area contributed by atoms with Crippen molar-refractivity contribution in [3.8, 4) is 11.5 Å². The van der Waals surface area contributed by atoms with Crippen molar-refractivity contribution in [2.24, 2.45) is 0 Å². The minimum Gasteiger partial charge on any atom is -0.497 e. The Morgan fingerprint density at radius 2 is 2.17 bits per heavy atom. The number of nitrogens with zero attached hydrogens (tertiary/aromatic N) is 1. The standard InChI is InChI=1S/C17H26N2O4/c1-4-23-11-9-18-17(20)19-10-5-6-15(19)14-12-13(21-2)7-8-16(14)22-3/h7-8,12,15H,4-6,9-11H2,1-3H3,(H,18,20)/t15-/m1/s1. The van der Waals surface area contributed by atoms with Gasteiger partial charge in [-0.15, -0.1) is 0 Å². The first kappa shape index (κ1) is 17.4. The fraction of sp³-hybridized carbons (Fsp3) is 0.588. The predicted molar refractivity (Wildman–Crippen MR) is 88.1 cm³/mol. The molecule has 6 heteroatoms. The molecule has 1 aliphatic rings. The lowest BCUT2D eigenvalue weighted by atomic mass is 10.0. The predicted octanol–water partition coefficient (Wildman–Crippen LogP) is 2.59. The van der Waals surface area contributed by atoms with Gasteiger partial charge in [-0.05, 0) is 38.0 Å². The van der Waals surface area contributed by atoms with Crippen LogP contribution in [0, 0.1) is 0 Å². The van der Waals surface area contributed by atoms with Gasteiger partial charge in [0.1, 0.15) is 11.5 Å². The van der Waals surface area contributed by atoms with E-state index in [1.165, 1.54) is 0 Å². The lowest BCUT2D eigenvalue weighted by Crippen LogP contribution is -2.40. The van der Waals surface area contributed by atoms with Crippen molar-refractivity contribution in [3.05, 3.63) is 23.8 Å². The van der Waals surface area contributed by atoms with Gasteiger partial charge in [0, 0.05) is 25.3 Å².